The summed E-state index contributed by atoms with van der Waals surface area (Å²) in [5.74, 6) is -0.418. The van der Waals surface area contributed by atoms with Gasteiger partial charge in [-0.15, -0.1) is 0 Å². The Balaban J connectivity index is 2.17. The van der Waals surface area contributed by atoms with E-state index in [9.17, 15) is 4.79 Å². The van der Waals surface area contributed by atoms with Gasteiger partial charge in [0.2, 0.25) is 5.91 Å². The van der Waals surface area contributed by atoms with Gasteiger partial charge in [-0.2, -0.15) is 0 Å². The topological polar surface area (TPSA) is 55.1 Å². The fourth-order valence-corrected chi connectivity index (χ4v) is 2.29. The normalized spacial score (nSPS) is 11.9. The van der Waals surface area contributed by atoms with Crippen molar-refractivity contribution in [2.75, 3.05) is 5.32 Å². The van der Waals surface area contributed by atoms with Crippen molar-refractivity contribution in [2.45, 2.75) is 13.0 Å². The molecule has 0 aromatic heterocycles. The summed E-state index contributed by atoms with van der Waals surface area (Å²) in [5, 5.41) is 3.35. The van der Waals surface area contributed by atoms with Gasteiger partial charge in [0.1, 0.15) is 0 Å². The maximum atomic E-state index is 11.1. The van der Waals surface area contributed by atoms with Crippen LogP contribution in [0, 0.1) is 0 Å². The first-order chi connectivity index (χ1) is 9.06. The van der Waals surface area contributed by atoms with Crippen LogP contribution in [0.15, 0.2) is 53.0 Å². The third-order valence-corrected chi connectivity index (χ3v) is 3.37. The van der Waals surface area contributed by atoms with Gasteiger partial charge in [-0.1, -0.05) is 34.1 Å². The van der Waals surface area contributed by atoms with Gasteiger partial charge in [0, 0.05) is 21.8 Å². The number of carbonyl (C=O) groups excluding carboxylic acids is 1. The zero-order valence-corrected chi connectivity index (χ0v) is 12.1. The third kappa shape index (κ3) is 3.58. The Morgan fingerprint density at radius 2 is 1.95 bits per heavy atom. The molecule has 0 saturated carbocycles. The minimum atomic E-state index is -0.418. The third-order valence-electron chi connectivity index (χ3n) is 2.88. The van der Waals surface area contributed by atoms with Crippen molar-refractivity contribution >= 4 is 27.5 Å². The molecule has 1 unspecified atom stereocenters. The SMILES string of the molecule is CC(Nc1cccc(C(N)=O)c1)c1cccc(Br)c1. The average molecular weight is 319 g/mol. The summed E-state index contributed by atoms with van der Waals surface area (Å²) in [4.78, 5) is 11.1. The Hall–Kier alpha value is -1.81. The maximum Gasteiger partial charge on any atom is 0.248 e. The summed E-state index contributed by atoms with van der Waals surface area (Å²) in [6.07, 6.45) is 0. The predicted molar refractivity (Wildman–Crippen MR) is 81.1 cm³/mol. The highest BCUT2D eigenvalue weighted by molar-refractivity contribution is 9.10. The van der Waals surface area contributed by atoms with Crippen LogP contribution in [-0.2, 0) is 0 Å². The highest BCUT2D eigenvalue weighted by Crippen LogP contribution is 2.22. The van der Waals surface area contributed by atoms with Gasteiger partial charge in [0.05, 0.1) is 0 Å². The van der Waals surface area contributed by atoms with Crippen LogP contribution in [0.25, 0.3) is 0 Å². The molecule has 0 aliphatic heterocycles. The van der Waals surface area contributed by atoms with Crippen LogP contribution >= 0.6 is 15.9 Å². The number of carbonyl (C=O) groups is 1. The number of anilines is 1. The van der Waals surface area contributed by atoms with E-state index in [-0.39, 0.29) is 6.04 Å². The number of benzene rings is 2. The Kier molecular flexibility index (Phi) is 4.22. The zero-order chi connectivity index (χ0) is 13.8. The van der Waals surface area contributed by atoms with Gasteiger partial charge >= 0.3 is 0 Å². The largest absolute Gasteiger partial charge is 0.379 e. The molecule has 3 nitrogen and oxygen atoms in total. The smallest absolute Gasteiger partial charge is 0.248 e. The summed E-state index contributed by atoms with van der Waals surface area (Å²) in [7, 11) is 0. The van der Waals surface area contributed by atoms with Gasteiger partial charge in [-0.25, -0.2) is 0 Å². The highest BCUT2D eigenvalue weighted by Gasteiger charge is 2.07. The molecule has 0 saturated heterocycles. The van der Waals surface area contributed by atoms with E-state index in [4.69, 9.17) is 5.73 Å². The molecular weight excluding hydrogens is 304 g/mol. The molecule has 2 aromatic carbocycles. The Morgan fingerprint density at radius 1 is 1.21 bits per heavy atom. The molecule has 98 valence electrons. The lowest BCUT2D eigenvalue weighted by Crippen LogP contribution is -2.12. The van der Waals surface area contributed by atoms with E-state index >= 15 is 0 Å². The summed E-state index contributed by atoms with van der Waals surface area (Å²) < 4.78 is 1.05. The molecule has 19 heavy (non-hydrogen) atoms. The molecule has 0 fully saturated rings. The van der Waals surface area contributed by atoms with Gasteiger partial charge in [0.15, 0.2) is 0 Å². The molecule has 0 radical (unpaired) electrons. The number of hydrogen-bond acceptors (Lipinski definition) is 2. The highest BCUT2D eigenvalue weighted by atomic mass is 79.9. The monoisotopic (exact) mass is 318 g/mol. The fraction of sp³-hybridized carbons (Fsp3) is 0.133. The molecule has 0 aliphatic carbocycles. The second kappa shape index (κ2) is 5.89. The molecule has 4 heteroatoms. The summed E-state index contributed by atoms with van der Waals surface area (Å²) in [5.41, 5.74) is 7.82. The molecular formula is C15H15BrN2O. The van der Waals surface area contributed by atoms with Crippen LogP contribution in [-0.4, -0.2) is 5.91 Å². The van der Waals surface area contributed by atoms with Crippen molar-refractivity contribution in [3.05, 3.63) is 64.1 Å². The Morgan fingerprint density at radius 3 is 2.63 bits per heavy atom. The average Bonchev–Trinajstić information content (AvgIpc) is 2.39. The van der Waals surface area contributed by atoms with Crippen molar-refractivity contribution in [3.63, 3.8) is 0 Å². The van der Waals surface area contributed by atoms with Crippen molar-refractivity contribution in [1.29, 1.82) is 0 Å². The quantitative estimate of drug-likeness (QED) is 0.902. The first-order valence-corrected chi connectivity index (χ1v) is 6.77. The molecule has 2 aromatic rings. The van der Waals surface area contributed by atoms with Crippen molar-refractivity contribution in [3.8, 4) is 0 Å². The van der Waals surface area contributed by atoms with E-state index in [1.807, 2.05) is 24.3 Å². The zero-order valence-electron chi connectivity index (χ0n) is 10.6. The molecule has 0 aliphatic rings. The van der Waals surface area contributed by atoms with E-state index in [1.165, 1.54) is 5.56 Å². The number of nitrogens with one attached hydrogen (secondary N) is 1. The number of rotatable bonds is 4. The molecule has 3 N–H and O–H groups in total. The molecule has 0 spiro atoms. The number of hydrogen-bond donors (Lipinski definition) is 2. The van der Waals surface area contributed by atoms with Crippen molar-refractivity contribution in [2.24, 2.45) is 5.73 Å². The van der Waals surface area contributed by atoms with Crippen molar-refractivity contribution < 1.29 is 4.79 Å². The maximum absolute atomic E-state index is 11.1. The number of primary amides is 1. The van der Waals surface area contributed by atoms with E-state index < -0.39 is 5.91 Å². The summed E-state index contributed by atoms with van der Waals surface area (Å²) in [6, 6.07) is 15.4. The Labute approximate surface area is 121 Å². The van der Waals surface area contributed by atoms with Gasteiger partial charge in [-0.05, 0) is 42.8 Å². The second-order valence-electron chi connectivity index (χ2n) is 4.37. The number of amides is 1. The minimum absolute atomic E-state index is 0.139. The lowest BCUT2D eigenvalue weighted by atomic mass is 10.1. The summed E-state index contributed by atoms with van der Waals surface area (Å²) in [6.45, 7) is 2.07. The lowest BCUT2D eigenvalue weighted by Gasteiger charge is -2.16. The molecule has 1 atom stereocenters. The van der Waals surface area contributed by atoms with E-state index in [1.54, 1.807) is 12.1 Å². The molecule has 0 heterocycles. The van der Waals surface area contributed by atoms with E-state index in [2.05, 4.69) is 40.3 Å². The van der Waals surface area contributed by atoms with Crippen LogP contribution in [0.5, 0.6) is 0 Å². The van der Waals surface area contributed by atoms with Crippen LogP contribution in [0.1, 0.15) is 28.9 Å². The first kappa shape index (κ1) is 13.6. The van der Waals surface area contributed by atoms with Crippen LogP contribution in [0.3, 0.4) is 0 Å². The lowest BCUT2D eigenvalue weighted by molar-refractivity contribution is 0.100. The molecule has 2 rings (SSSR count). The van der Waals surface area contributed by atoms with Crippen LogP contribution < -0.4 is 11.1 Å². The van der Waals surface area contributed by atoms with Gasteiger partial charge < -0.3 is 11.1 Å². The predicted octanol–water partition coefficient (Wildman–Crippen LogP) is 3.72. The van der Waals surface area contributed by atoms with E-state index in [0.29, 0.717) is 5.56 Å². The van der Waals surface area contributed by atoms with Gasteiger partial charge in [0.25, 0.3) is 0 Å². The van der Waals surface area contributed by atoms with E-state index in [0.717, 1.165) is 10.2 Å². The molecule has 1 amide bonds. The Bertz CT molecular complexity index is 598. The van der Waals surface area contributed by atoms with Crippen molar-refractivity contribution in [1.82, 2.24) is 0 Å². The minimum Gasteiger partial charge on any atom is -0.379 e. The summed E-state index contributed by atoms with van der Waals surface area (Å²) >= 11 is 3.46. The second-order valence-corrected chi connectivity index (χ2v) is 5.28. The number of nitrogens with two attached hydrogens (primary N) is 1. The molecule has 0 bridgehead atoms. The van der Waals surface area contributed by atoms with Gasteiger partial charge in [-0.3, -0.25) is 4.79 Å². The van der Waals surface area contributed by atoms with Crippen LogP contribution in [0.2, 0.25) is 0 Å². The first-order valence-electron chi connectivity index (χ1n) is 5.98. The standard InChI is InChI=1S/C15H15BrN2O/c1-10(11-4-2-6-13(16)8-11)18-14-7-3-5-12(9-14)15(17)19/h2-10,18H,1H3,(H2,17,19). The fourth-order valence-electron chi connectivity index (χ4n) is 1.87. The van der Waals surface area contributed by atoms with Crippen LogP contribution in [0.4, 0.5) is 5.69 Å². The number of halogens is 1.